The van der Waals surface area contributed by atoms with Crippen LogP contribution in [0.3, 0.4) is 0 Å². The predicted molar refractivity (Wildman–Crippen MR) is 65.7 cm³/mol. The van der Waals surface area contributed by atoms with E-state index >= 15 is 0 Å². The molecular formula is C11H11Cl2NO3. The average molecular weight is 276 g/mol. The lowest BCUT2D eigenvalue weighted by Crippen LogP contribution is -2.29. The second kappa shape index (κ2) is 5.89. The number of rotatable bonds is 4. The van der Waals surface area contributed by atoms with E-state index in [0.717, 1.165) is 0 Å². The molecule has 1 N–H and O–H groups in total. The summed E-state index contributed by atoms with van der Waals surface area (Å²) in [5.41, 5.74) is 0.343. The number of carboxylic acids is 1. The van der Waals surface area contributed by atoms with Crippen LogP contribution in [0.25, 0.3) is 0 Å². The van der Waals surface area contributed by atoms with Crippen molar-refractivity contribution >= 4 is 35.1 Å². The van der Waals surface area contributed by atoms with Gasteiger partial charge in [0.1, 0.15) is 0 Å². The molecule has 1 rings (SSSR count). The van der Waals surface area contributed by atoms with E-state index in [1.807, 2.05) is 0 Å². The third kappa shape index (κ3) is 4.24. The summed E-state index contributed by atoms with van der Waals surface area (Å²) < 4.78 is 0. The van der Waals surface area contributed by atoms with Crippen LogP contribution in [0, 0.1) is 0 Å². The van der Waals surface area contributed by atoms with Crippen LogP contribution in [0.4, 0.5) is 0 Å². The molecular weight excluding hydrogens is 265 g/mol. The summed E-state index contributed by atoms with van der Waals surface area (Å²) in [6.45, 7) is 0.137. The van der Waals surface area contributed by atoms with E-state index in [1.165, 1.54) is 30.1 Å². The average Bonchev–Trinajstić information content (AvgIpc) is 2.23. The molecule has 1 amide bonds. The molecule has 4 nitrogen and oxygen atoms in total. The topological polar surface area (TPSA) is 57.6 Å². The van der Waals surface area contributed by atoms with Gasteiger partial charge in [-0.25, -0.2) is 0 Å². The Labute approximate surface area is 109 Å². The molecule has 0 saturated carbocycles. The van der Waals surface area contributed by atoms with Crippen molar-refractivity contribution in [2.45, 2.75) is 6.42 Å². The smallest absolute Gasteiger partial charge is 0.305 e. The zero-order chi connectivity index (χ0) is 13.0. The molecule has 0 radical (unpaired) electrons. The molecule has 0 saturated heterocycles. The van der Waals surface area contributed by atoms with Gasteiger partial charge >= 0.3 is 5.97 Å². The van der Waals surface area contributed by atoms with Crippen LogP contribution in [-0.4, -0.2) is 35.5 Å². The van der Waals surface area contributed by atoms with Gasteiger partial charge < -0.3 is 10.0 Å². The van der Waals surface area contributed by atoms with Gasteiger partial charge in [0.05, 0.1) is 6.42 Å². The van der Waals surface area contributed by atoms with Crippen LogP contribution in [0.2, 0.25) is 10.0 Å². The van der Waals surface area contributed by atoms with E-state index in [9.17, 15) is 9.59 Å². The van der Waals surface area contributed by atoms with E-state index in [4.69, 9.17) is 28.3 Å². The maximum absolute atomic E-state index is 11.9. The van der Waals surface area contributed by atoms with Crippen LogP contribution in [0.1, 0.15) is 16.8 Å². The number of nitrogens with zero attached hydrogens (tertiary/aromatic N) is 1. The molecule has 0 aliphatic heterocycles. The van der Waals surface area contributed by atoms with Gasteiger partial charge in [0, 0.05) is 29.2 Å². The number of halogens is 2. The van der Waals surface area contributed by atoms with Crippen molar-refractivity contribution in [1.82, 2.24) is 4.90 Å². The molecule has 0 aliphatic rings. The number of carbonyl (C=O) groups is 2. The van der Waals surface area contributed by atoms with Gasteiger partial charge in [-0.05, 0) is 18.2 Å². The maximum Gasteiger partial charge on any atom is 0.305 e. The lowest BCUT2D eigenvalue weighted by atomic mass is 10.2. The zero-order valence-electron chi connectivity index (χ0n) is 9.11. The fraction of sp³-hybridized carbons (Fsp3) is 0.273. The van der Waals surface area contributed by atoms with Crippen molar-refractivity contribution in [3.63, 3.8) is 0 Å². The molecule has 0 bridgehead atoms. The molecule has 92 valence electrons. The molecule has 0 aliphatic carbocycles. The Morgan fingerprint density at radius 1 is 1.24 bits per heavy atom. The SMILES string of the molecule is CN(CCC(=O)O)C(=O)c1cc(Cl)cc(Cl)c1. The van der Waals surface area contributed by atoms with E-state index < -0.39 is 5.97 Å². The highest BCUT2D eigenvalue weighted by molar-refractivity contribution is 6.35. The summed E-state index contributed by atoms with van der Waals surface area (Å²) in [6, 6.07) is 4.51. The first-order valence-electron chi connectivity index (χ1n) is 4.83. The van der Waals surface area contributed by atoms with Crippen molar-refractivity contribution in [3.8, 4) is 0 Å². The monoisotopic (exact) mass is 275 g/mol. The van der Waals surface area contributed by atoms with E-state index in [-0.39, 0.29) is 18.9 Å². The Balaban J connectivity index is 2.77. The molecule has 0 atom stereocenters. The van der Waals surface area contributed by atoms with Crippen LogP contribution in [0.5, 0.6) is 0 Å². The van der Waals surface area contributed by atoms with Gasteiger partial charge in [0.2, 0.25) is 0 Å². The standard InChI is InChI=1S/C11H11Cl2NO3/c1-14(3-2-10(15)16)11(17)7-4-8(12)6-9(13)5-7/h4-6H,2-3H2,1H3,(H,15,16). The summed E-state index contributed by atoms with van der Waals surface area (Å²) >= 11 is 11.6. The van der Waals surface area contributed by atoms with Gasteiger partial charge in [-0.3, -0.25) is 9.59 Å². The largest absolute Gasteiger partial charge is 0.481 e. The Kier molecular flexibility index (Phi) is 4.78. The van der Waals surface area contributed by atoms with Gasteiger partial charge in [-0.2, -0.15) is 0 Å². The van der Waals surface area contributed by atoms with Gasteiger partial charge in [-0.15, -0.1) is 0 Å². The Morgan fingerprint density at radius 2 is 1.76 bits per heavy atom. The zero-order valence-corrected chi connectivity index (χ0v) is 10.6. The first-order valence-corrected chi connectivity index (χ1v) is 5.59. The van der Waals surface area contributed by atoms with Crippen molar-refractivity contribution in [3.05, 3.63) is 33.8 Å². The van der Waals surface area contributed by atoms with Gasteiger partial charge in [0.15, 0.2) is 0 Å². The molecule has 0 aromatic heterocycles. The molecule has 0 spiro atoms. The van der Waals surface area contributed by atoms with Crippen molar-refractivity contribution < 1.29 is 14.7 Å². The molecule has 0 fully saturated rings. The number of aliphatic carboxylic acids is 1. The Hall–Kier alpha value is -1.26. The summed E-state index contributed by atoms with van der Waals surface area (Å²) in [5.74, 6) is -1.26. The predicted octanol–water partition coefficient (Wildman–Crippen LogP) is 2.54. The maximum atomic E-state index is 11.9. The molecule has 1 aromatic carbocycles. The fourth-order valence-corrected chi connectivity index (χ4v) is 1.79. The second-order valence-electron chi connectivity index (χ2n) is 3.53. The molecule has 0 heterocycles. The molecule has 1 aromatic rings. The minimum atomic E-state index is -0.950. The van der Waals surface area contributed by atoms with Gasteiger partial charge in [0.25, 0.3) is 5.91 Å². The number of carboxylic acid groups (broad SMARTS) is 1. The van der Waals surface area contributed by atoms with Crippen LogP contribution in [-0.2, 0) is 4.79 Å². The number of benzene rings is 1. The van der Waals surface area contributed by atoms with Crippen LogP contribution in [0.15, 0.2) is 18.2 Å². The van der Waals surface area contributed by atoms with Gasteiger partial charge in [-0.1, -0.05) is 23.2 Å². The first-order chi connectivity index (χ1) is 7.90. The summed E-state index contributed by atoms with van der Waals surface area (Å²) in [7, 11) is 1.53. The lowest BCUT2D eigenvalue weighted by molar-refractivity contribution is -0.137. The summed E-state index contributed by atoms with van der Waals surface area (Å²) in [6.07, 6.45) is -0.101. The summed E-state index contributed by atoms with van der Waals surface area (Å²) in [4.78, 5) is 23.6. The minimum Gasteiger partial charge on any atom is -0.481 e. The normalized spacial score (nSPS) is 10.1. The summed E-state index contributed by atoms with van der Waals surface area (Å²) in [5, 5.41) is 9.26. The highest BCUT2D eigenvalue weighted by Gasteiger charge is 2.13. The molecule has 6 heteroatoms. The van der Waals surface area contributed by atoms with Crippen LogP contribution < -0.4 is 0 Å². The van der Waals surface area contributed by atoms with E-state index in [0.29, 0.717) is 15.6 Å². The lowest BCUT2D eigenvalue weighted by Gasteiger charge is -2.16. The Morgan fingerprint density at radius 3 is 2.24 bits per heavy atom. The van der Waals surface area contributed by atoms with Crippen molar-refractivity contribution in [2.75, 3.05) is 13.6 Å². The highest BCUT2D eigenvalue weighted by atomic mass is 35.5. The van der Waals surface area contributed by atoms with E-state index in [1.54, 1.807) is 0 Å². The number of carbonyl (C=O) groups excluding carboxylic acids is 1. The molecule has 17 heavy (non-hydrogen) atoms. The third-order valence-corrected chi connectivity index (χ3v) is 2.55. The number of hydrogen-bond acceptors (Lipinski definition) is 2. The van der Waals surface area contributed by atoms with Crippen molar-refractivity contribution in [1.29, 1.82) is 0 Å². The van der Waals surface area contributed by atoms with Crippen molar-refractivity contribution in [2.24, 2.45) is 0 Å². The fourth-order valence-electron chi connectivity index (χ4n) is 1.26. The van der Waals surface area contributed by atoms with E-state index in [2.05, 4.69) is 0 Å². The second-order valence-corrected chi connectivity index (χ2v) is 4.40. The first kappa shape index (κ1) is 13.8. The van der Waals surface area contributed by atoms with Crippen LogP contribution >= 0.6 is 23.2 Å². The Bertz CT molecular complexity index is 428. The quantitative estimate of drug-likeness (QED) is 0.919. The highest BCUT2D eigenvalue weighted by Crippen LogP contribution is 2.19. The minimum absolute atomic E-state index is 0.101. The molecule has 0 unspecified atom stereocenters. The number of hydrogen-bond donors (Lipinski definition) is 1. The third-order valence-electron chi connectivity index (χ3n) is 2.12. The number of amides is 1.